The molecular weight excluding hydrogens is 532 g/mol. The summed E-state index contributed by atoms with van der Waals surface area (Å²) in [6.07, 6.45) is -1.01. The molecule has 1 aliphatic rings. The van der Waals surface area contributed by atoms with Crippen molar-refractivity contribution in [2.45, 2.75) is 19.3 Å². The molecule has 0 atom stereocenters. The molecule has 6 heteroatoms. The molecular formula is C37H26N4O2. The maximum Gasteiger partial charge on any atom is 0.416 e. The predicted octanol–water partition coefficient (Wildman–Crippen LogP) is 8.81. The van der Waals surface area contributed by atoms with Gasteiger partial charge in [0.2, 0.25) is 0 Å². The van der Waals surface area contributed by atoms with Gasteiger partial charge in [-0.25, -0.2) is 24.3 Å². The van der Waals surface area contributed by atoms with E-state index in [1.165, 1.54) is 15.7 Å². The van der Waals surface area contributed by atoms with E-state index < -0.39 is 6.09 Å². The first-order valence-electron chi connectivity index (χ1n) is 14.2. The van der Waals surface area contributed by atoms with Crippen molar-refractivity contribution in [3.63, 3.8) is 0 Å². The zero-order chi connectivity index (χ0) is 29.3. The van der Waals surface area contributed by atoms with Gasteiger partial charge in [-0.15, -0.1) is 0 Å². The first kappa shape index (κ1) is 25.1. The predicted molar refractivity (Wildman–Crippen MR) is 170 cm³/mol. The normalized spacial score (nSPS) is 13.3. The minimum absolute atomic E-state index is 0.238. The molecule has 1 N–H and O–H groups in total. The third-order valence-electron chi connectivity index (χ3n) is 8.62. The number of hydrogen-bond acceptors (Lipinski definition) is 4. The van der Waals surface area contributed by atoms with E-state index in [1.807, 2.05) is 78.9 Å². The number of hydrogen-bond donors (Lipinski definition) is 1. The van der Waals surface area contributed by atoms with Crippen molar-refractivity contribution in [2.24, 2.45) is 0 Å². The number of rotatable bonds is 3. The molecule has 43 heavy (non-hydrogen) atoms. The summed E-state index contributed by atoms with van der Waals surface area (Å²) in [7, 11) is 0. The molecule has 0 saturated carbocycles. The Kier molecular flexibility index (Phi) is 5.37. The SMILES string of the molecule is CC1(C)c2ccccc2-c2cc3c4cc(-c5nc(-c6ccccc6)nc(-c6ccccc6)n5)ccc4n(C(=O)O)c3cc21. The zero-order valence-corrected chi connectivity index (χ0v) is 23.6. The number of nitrogens with zero attached hydrogens (tertiary/aromatic N) is 4. The maximum atomic E-state index is 12.7. The van der Waals surface area contributed by atoms with Crippen LogP contribution < -0.4 is 0 Å². The molecule has 0 fully saturated rings. The fraction of sp³-hybridized carbons (Fsp3) is 0.0811. The van der Waals surface area contributed by atoms with Crippen LogP contribution in [0.4, 0.5) is 4.79 Å². The molecule has 2 aromatic heterocycles. The fourth-order valence-electron chi connectivity index (χ4n) is 6.50. The van der Waals surface area contributed by atoms with Gasteiger partial charge in [0.25, 0.3) is 0 Å². The van der Waals surface area contributed by atoms with Crippen molar-refractivity contribution in [3.8, 4) is 45.3 Å². The van der Waals surface area contributed by atoms with E-state index in [0.717, 1.165) is 38.6 Å². The largest absolute Gasteiger partial charge is 0.464 e. The Hall–Kier alpha value is -5.62. The lowest BCUT2D eigenvalue weighted by Gasteiger charge is -2.21. The summed E-state index contributed by atoms with van der Waals surface area (Å²) in [4.78, 5) is 27.2. The van der Waals surface area contributed by atoms with Crippen LogP contribution in [0.2, 0.25) is 0 Å². The number of fused-ring (bicyclic) bond motifs is 6. The summed E-state index contributed by atoms with van der Waals surface area (Å²) in [5.74, 6) is 1.68. The molecule has 0 aliphatic heterocycles. The van der Waals surface area contributed by atoms with Gasteiger partial charge in [-0.2, -0.15) is 0 Å². The van der Waals surface area contributed by atoms with E-state index in [0.29, 0.717) is 28.5 Å². The Morgan fingerprint density at radius 1 is 0.581 bits per heavy atom. The van der Waals surface area contributed by atoms with Gasteiger partial charge in [-0.3, -0.25) is 0 Å². The van der Waals surface area contributed by atoms with Crippen molar-refractivity contribution >= 4 is 27.9 Å². The number of carbonyl (C=O) groups is 1. The van der Waals surface area contributed by atoms with Crippen molar-refractivity contribution in [1.82, 2.24) is 19.5 Å². The van der Waals surface area contributed by atoms with Crippen molar-refractivity contribution in [3.05, 3.63) is 126 Å². The Morgan fingerprint density at radius 3 is 1.77 bits per heavy atom. The van der Waals surface area contributed by atoms with Gasteiger partial charge in [0, 0.05) is 32.9 Å². The van der Waals surface area contributed by atoms with Gasteiger partial charge in [-0.1, -0.05) is 98.8 Å². The van der Waals surface area contributed by atoms with Crippen LogP contribution in [0.3, 0.4) is 0 Å². The smallest absolute Gasteiger partial charge is 0.416 e. The quantitative estimate of drug-likeness (QED) is 0.234. The van der Waals surface area contributed by atoms with Gasteiger partial charge < -0.3 is 5.11 Å². The van der Waals surface area contributed by atoms with Crippen molar-refractivity contribution < 1.29 is 9.90 Å². The van der Waals surface area contributed by atoms with Crippen LogP contribution in [0.15, 0.2) is 115 Å². The average molecular weight is 559 g/mol. The van der Waals surface area contributed by atoms with E-state index in [9.17, 15) is 9.90 Å². The first-order chi connectivity index (χ1) is 20.9. The molecule has 0 unspecified atom stereocenters. The lowest BCUT2D eigenvalue weighted by Crippen LogP contribution is -2.15. The second-order valence-electron chi connectivity index (χ2n) is 11.5. The summed E-state index contributed by atoms with van der Waals surface area (Å²) < 4.78 is 1.39. The highest BCUT2D eigenvalue weighted by atomic mass is 16.4. The summed E-state index contributed by atoms with van der Waals surface area (Å²) in [5.41, 5.74) is 8.34. The van der Waals surface area contributed by atoms with Crippen molar-refractivity contribution in [1.29, 1.82) is 0 Å². The minimum atomic E-state index is -1.01. The van der Waals surface area contributed by atoms with Gasteiger partial charge in [0.15, 0.2) is 17.5 Å². The lowest BCUT2D eigenvalue weighted by molar-refractivity contribution is 0.198. The molecule has 2 heterocycles. The van der Waals surface area contributed by atoms with Crippen LogP contribution in [-0.4, -0.2) is 30.7 Å². The highest BCUT2D eigenvalue weighted by Crippen LogP contribution is 2.50. The van der Waals surface area contributed by atoms with Gasteiger partial charge in [0.1, 0.15) is 0 Å². The van der Waals surface area contributed by atoms with E-state index >= 15 is 0 Å². The third kappa shape index (κ3) is 3.80. The van der Waals surface area contributed by atoms with E-state index in [-0.39, 0.29) is 5.41 Å². The maximum absolute atomic E-state index is 12.7. The molecule has 0 saturated heterocycles. The Labute approximate surface area is 248 Å². The Morgan fingerprint density at radius 2 is 1.14 bits per heavy atom. The standard InChI is InChI=1S/C37H26N4O2/c1-37(2)29-16-10-9-15-25(29)26-20-28-27-19-24(17-18-31(27)41(36(42)43)32(28)21-30(26)37)35-39-33(22-11-5-3-6-12-22)38-34(40-35)23-13-7-4-8-14-23/h3-21H,1-2H3,(H,42,43). The van der Waals surface area contributed by atoms with Gasteiger partial charge >= 0.3 is 6.09 Å². The van der Waals surface area contributed by atoms with Gasteiger partial charge in [0.05, 0.1) is 11.0 Å². The molecule has 5 aromatic carbocycles. The lowest BCUT2D eigenvalue weighted by atomic mass is 9.82. The van der Waals surface area contributed by atoms with Gasteiger partial charge in [-0.05, 0) is 52.6 Å². The molecule has 206 valence electrons. The van der Waals surface area contributed by atoms with Crippen molar-refractivity contribution in [2.75, 3.05) is 0 Å². The zero-order valence-electron chi connectivity index (χ0n) is 23.6. The molecule has 1 aliphatic carbocycles. The Balaban J connectivity index is 1.39. The number of aromatic nitrogens is 4. The molecule has 0 radical (unpaired) electrons. The molecule has 0 bridgehead atoms. The summed E-state index contributed by atoms with van der Waals surface area (Å²) in [6, 6.07) is 38.1. The molecule has 8 rings (SSSR count). The molecule has 0 spiro atoms. The molecule has 0 amide bonds. The highest BCUT2D eigenvalue weighted by molar-refractivity contribution is 6.15. The van der Waals surface area contributed by atoms with Crippen LogP contribution in [-0.2, 0) is 5.41 Å². The monoisotopic (exact) mass is 558 g/mol. The van der Waals surface area contributed by atoms with Crippen LogP contribution in [0.5, 0.6) is 0 Å². The highest BCUT2D eigenvalue weighted by Gasteiger charge is 2.36. The topological polar surface area (TPSA) is 80.9 Å². The fourth-order valence-corrected chi connectivity index (χ4v) is 6.50. The van der Waals surface area contributed by atoms with E-state index in [1.54, 1.807) is 0 Å². The van der Waals surface area contributed by atoms with E-state index in [4.69, 9.17) is 15.0 Å². The third-order valence-corrected chi connectivity index (χ3v) is 8.62. The number of carboxylic acid groups (broad SMARTS) is 1. The summed E-state index contributed by atoms with van der Waals surface area (Å²) in [6.45, 7) is 4.40. The second-order valence-corrected chi connectivity index (χ2v) is 11.5. The molecule has 7 aromatic rings. The summed E-state index contributed by atoms with van der Waals surface area (Å²) in [5, 5.41) is 12.1. The summed E-state index contributed by atoms with van der Waals surface area (Å²) >= 11 is 0. The average Bonchev–Trinajstić information content (AvgIpc) is 3.49. The van der Waals surface area contributed by atoms with Crippen LogP contribution in [0.25, 0.3) is 67.1 Å². The molecule has 6 nitrogen and oxygen atoms in total. The first-order valence-corrected chi connectivity index (χ1v) is 14.2. The second kappa shape index (κ2) is 9.19. The number of benzene rings is 5. The van der Waals surface area contributed by atoms with Crippen LogP contribution in [0, 0.1) is 0 Å². The Bertz CT molecular complexity index is 2180. The van der Waals surface area contributed by atoms with Crippen LogP contribution in [0.1, 0.15) is 25.0 Å². The van der Waals surface area contributed by atoms with Crippen LogP contribution >= 0.6 is 0 Å². The van der Waals surface area contributed by atoms with E-state index in [2.05, 4.69) is 50.2 Å². The minimum Gasteiger partial charge on any atom is -0.464 e.